The Balaban J connectivity index is 2.20. The second kappa shape index (κ2) is 3.33. The molecule has 98 valence electrons. The van der Waals surface area contributed by atoms with Crippen LogP contribution in [0.1, 0.15) is 25.3 Å². The van der Waals surface area contributed by atoms with Crippen LogP contribution in [0.5, 0.6) is 5.75 Å². The average Bonchev–Trinajstić information content (AvgIpc) is 2.85. The Morgan fingerprint density at radius 1 is 1.16 bits per heavy atom. The molecular formula is C15H15NO3. The summed E-state index contributed by atoms with van der Waals surface area (Å²) in [5, 5.41) is 11.9. The number of fused-ring (bicyclic) bond motifs is 2. The lowest BCUT2D eigenvalue weighted by Gasteiger charge is -2.21. The summed E-state index contributed by atoms with van der Waals surface area (Å²) < 4.78 is 11.1. The Morgan fingerprint density at radius 2 is 1.79 bits per heavy atom. The van der Waals surface area contributed by atoms with Crippen molar-refractivity contribution in [2.75, 3.05) is 0 Å². The molecule has 4 heteroatoms. The zero-order valence-corrected chi connectivity index (χ0v) is 10.6. The first-order chi connectivity index (χ1) is 9.15. The SMILES string of the molecule is CC(N)C1(c2c3ccoc3c(O)c3ccoc23)CC1. The molecule has 0 aliphatic heterocycles. The molecule has 4 rings (SSSR count). The van der Waals surface area contributed by atoms with E-state index in [0.29, 0.717) is 11.0 Å². The number of phenolic OH excluding ortho intramolecular Hbond substituents is 1. The molecule has 0 spiro atoms. The van der Waals surface area contributed by atoms with E-state index in [1.54, 1.807) is 18.6 Å². The van der Waals surface area contributed by atoms with Gasteiger partial charge in [0.15, 0.2) is 11.3 Å². The van der Waals surface area contributed by atoms with Crippen molar-refractivity contribution >= 4 is 21.9 Å². The van der Waals surface area contributed by atoms with Gasteiger partial charge in [-0.05, 0) is 31.9 Å². The Kier molecular flexibility index (Phi) is 1.92. The van der Waals surface area contributed by atoms with Gasteiger partial charge in [0, 0.05) is 22.4 Å². The van der Waals surface area contributed by atoms with Crippen molar-refractivity contribution in [2.45, 2.75) is 31.2 Å². The smallest absolute Gasteiger partial charge is 0.176 e. The van der Waals surface area contributed by atoms with Crippen molar-refractivity contribution in [3.8, 4) is 5.75 Å². The zero-order chi connectivity index (χ0) is 13.2. The van der Waals surface area contributed by atoms with Crippen LogP contribution in [0, 0.1) is 0 Å². The summed E-state index contributed by atoms with van der Waals surface area (Å²) in [6.45, 7) is 2.03. The quantitative estimate of drug-likeness (QED) is 0.739. The normalized spacial score (nSPS) is 19.1. The maximum Gasteiger partial charge on any atom is 0.176 e. The predicted molar refractivity (Wildman–Crippen MR) is 72.2 cm³/mol. The molecule has 2 aromatic heterocycles. The molecule has 0 saturated heterocycles. The zero-order valence-electron chi connectivity index (χ0n) is 10.6. The second-order valence-electron chi connectivity index (χ2n) is 5.50. The summed E-state index contributed by atoms with van der Waals surface area (Å²) in [4.78, 5) is 0. The molecule has 1 atom stereocenters. The number of benzene rings is 1. The molecule has 0 radical (unpaired) electrons. The third-order valence-corrected chi connectivity index (χ3v) is 4.46. The lowest BCUT2D eigenvalue weighted by molar-refractivity contribution is 0.469. The minimum Gasteiger partial charge on any atom is -0.504 e. The van der Waals surface area contributed by atoms with Crippen LogP contribution in [0.4, 0.5) is 0 Å². The van der Waals surface area contributed by atoms with Gasteiger partial charge in [-0.2, -0.15) is 0 Å². The van der Waals surface area contributed by atoms with E-state index in [-0.39, 0.29) is 17.2 Å². The molecule has 1 aliphatic rings. The van der Waals surface area contributed by atoms with Crippen molar-refractivity contribution in [2.24, 2.45) is 5.73 Å². The van der Waals surface area contributed by atoms with Crippen molar-refractivity contribution < 1.29 is 13.9 Å². The maximum atomic E-state index is 10.3. The van der Waals surface area contributed by atoms with Crippen molar-refractivity contribution in [1.29, 1.82) is 0 Å². The molecule has 1 aliphatic carbocycles. The predicted octanol–water partition coefficient (Wildman–Crippen LogP) is 3.26. The fourth-order valence-electron chi connectivity index (χ4n) is 3.19. The number of furan rings is 2. The van der Waals surface area contributed by atoms with Gasteiger partial charge in [-0.25, -0.2) is 0 Å². The number of hydrogen-bond acceptors (Lipinski definition) is 4. The van der Waals surface area contributed by atoms with Crippen LogP contribution < -0.4 is 5.73 Å². The van der Waals surface area contributed by atoms with Crippen LogP contribution in [-0.4, -0.2) is 11.1 Å². The first kappa shape index (κ1) is 10.9. The van der Waals surface area contributed by atoms with Crippen LogP contribution in [0.3, 0.4) is 0 Å². The fraction of sp³-hybridized carbons (Fsp3) is 0.333. The number of hydrogen-bond donors (Lipinski definition) is 2. The largest absolute Gasteiger partial charge is 0.504 e. The van der Waals surface area contributed by atoms with Gasteiger partial charge in [0.05, 0.1) is 17.9 Å². The van der Waals surface area contributed by atoms with Gasteiger partial charge >= 0.3 is 0 Å². The van der Waals surface area contributed by atoms with Gasteiger partial charge in [-0.3, -0.25) is 0 Å². The summed E-state index contributed by atoms with van der Waals surface area (Å²) in [6.07, 6.45) is 5.30. The van der Waals surface area contributed by atoms with E-state index in [9.17, 15) is 5.11 Å². The Morgan fingerprint density at radius 3 is 2.42 bits per heavy atom. The van der Waals surface area contributed by atoms with Crippen molar-refractivity contribution in [1.82, 2.24) is 0 Å². The van der Waals surface area contributed by atoms with Crippen LogP contribution in [0.25, 0.3) is 21.9 Å². The molecule has 2 heterocycles. The van der Waals surface area contributed by atoms with Crippen LogP contribution in [-0.2, 0) is 5.41 Å². The fourth-order valence-corrected chi connectivity index (χ4v) is 3.19. The van der Waals surface area contributed by atoms with Crippen molar-refractivity contribution in [3.05, 3.63) is 30.2 Å². The van der Waals surface area contributed by atoms with Gasteiger partial charge in [0.2, 0.25) is 0 Å². The molecule has 0 amide bonds. The topological polar surface area (TPSA) is 72.5 Å². The lowest BCUT2D eigenvalue weighted by atomic mass is 9.86. The van der Waals surface area contributed by atoms with Crippen LogP contribution >= 0.6 is 0 Å². The number of phenols is 1. The monoisotopic (exact) mass is 257 g/mol. The Labute approximate surface area is 109 Å². The Hall–Kier alpha value is -1.94. The van der Waals surface area contributed by atoms with E-state index in [1.807, 2.05) is 13.0 Å². The van der Waals surface area contributed by atoms with E-state index < -0.39 is 0 Å². The molecule has 1 unspecified atom stereocenters. The maximum absolute atomic E-state index is 10.3. The highest BCUT2D eigenvalue weighted by molar-refractivity contribution is 6.05. The first-order valence-electron chi connectivity index (χ1n) is 6.50. The van der Waals surface area contributed by atoms with Crippen LogP contribution in [0.2, 0.25) is 0 Å². The first-order valence-corrected chi connectivity index (χ1v) is 6.50. The molecule has 19 heavy (non-hydrogen) atoms. The highest BCUT2D eigenvalue weighted by Gasteiger charge is 2.50. The highest BCUT2D eigenvalue weighted by Crippen LogP contribution is 2.56. The summed E-state index contributed by atoms with van der Waals surface area (Å²) in [6, 6.07) is 3.70. The standard InChI is InChI=1S/C15H15NO3/c1-8(16)15(4-5-15)11-9-2-6-19-14(9)12(17)10-3-7-18-13(10)11/h2-3,6-8,17H,4-5,16H2,1H3. The van der Waals surface area contributed by atoms with E-state index in [0.717, 1.165) is 29.4 Å². The summed E-state index contributed by atoms with van der Waals surface area (Å²) >= 11 is 0. The van der Waals surface area contributed by atoms with Gasteiger partial charge in [-0.1, -0.05) is 0 Å². The third kappa shape index (κ3) is 1.22. The highest BCUT2D eigenvalue weighted by atomic mass is 16.4. The summed E-state index contributed by atoms with van der Waals surface area (Å²) in [5.74, 6) is 0.146. The average molecular weight is 257 g/mol. The van der Waals surface area contributed by atoms with Gasteiger partial charge in [0.25, 0.3) is 0 Å². The molecule has 4 nitrogen and oxygen atoms in total. The molecule has 1 aromatic carbocycles. The molecule has 1 saturated carbocycles. The van der Waals surface area contributed by atoms with Gasteiger partial charge in [0.1, 0.15) is 5.58 Å². The third-order valence-electron chi connectivity index (χ3n) is 4.46. The van der Waals surface area contributed by atoms with E-state index in [2.05, 4.69) is 0 Å². The Bertz CT molecular complexity index is 725. The summed E-state index contributed by atoms with van der Waals surface area (Å²) in [7, 11) is 0. The van der Waals surface area contributed by atoms with Gasteiger partial charge in [-0.15, -0.1) is 0 Å². The lowest BCUT2D eigenvalue weighted by Crippen LogP contribution is -2.31. The van der Waals surface area contributed by atoms with E-state index in [4.69, 9.17) is 14.6 Å². The number of rotatable bonds is 2. The number of nitrogens with two attached hydrogens (primary N) is 1. The summed E-state index contributed by atoms with van der Waals surface area (Å²) in [5.41, 5.74) is 8.49. The van der Waals surface area contributed by atoms with Crippen molar-refractivity contribution in [3.63, 3.8) is 0 Å². The van der Waals surface area contributed by atoms with Gasteiger partial charge < -0.3 is 19.7 Å². The molecule has 3 aromatic rings. The molecule has 0 bridgehead atoms. The van der Waals surface area contributed by atoms with Crippen LogP contribution in [0.15, 0.2) is 33.5 Å². The number of aromatic hydroxyl groups is 1. The minimum atomic E-state index is -0.0497. The van der Waals surface area contributed by atoms with E-state index >= 15 is 0 Å². The molecule has 1 fully saturated rings. The molecule has 3 N–H and O–H groups in total. The molecular weight excluding hydrogens is 242 g/mol. The second-order valence-corrected chi connectivity index (χ2v) is 5.50. The minimum absolute atomic E-state index is 0.0449. The van der Waals surface area contributed by atoms with E-state index in [1.165, 1.54) is 0 Å².